The third kappa shape index (κ3) is 40.4. The minimum Gasteiger partial charge on any atom is -0.466 e. The topological polar surface area (TPSA) is 76.2 Å². The summed E-state index contributed by atoms with van der Waals surface area (Å²) >= 11 is 0. The van der Waals surface area contributed by atoms with Crippen LogP contribution in [0.5, 0.6) is 0 Å². The Kier molecular flexibility index (Phi) is 46.2. The highest BCUT2D eigenvalue weighted by atomic mass is 16.5. The number of hydrogen-bond donors (Lipinski definition) is 0. The van der Waals surface area contributed by atoms with Gasteiger partial charge in [-0.2, -0.15) is 0 Å². The fourth-order valence-electron chi connectivity index (χ4n) is 9.29. The first kappa shape index (κ1) is 62.1. The van der Waals surface area contributed by atoms with E-state index in [1.807, 2.05) is 6.08 Å². The number of unbranched alkanes of at least 4 members (excludes halogenated alkanes) is 20. The Labute approximate surface area is 399 Å². The van der Waals surface area contributed by atoms with E-state index in [0.717, 1.165) is 90.1 Å². The molecule has 0 bridgehead atoms. The molecule has 378 valence electrons. The molecule has 0 fully saturated rings. The van der Waals surface area contributed by atoms with Crippen molar-refractivity contribution in [1.29, 1.82) is 0 Å². The molecular formula is C57H110N2O5. The molecule has 0 saturated carbocycles. The van der Waals surface area contributed by atoms with Gasteiger partial charge in [-0.05, 0) is 90.3 Å². The SMILES string of the molecule is CCCCCCCCCCC(CCCCC=CC(=O)OCCC(CCCCC)CCCCC)N(CCCN(C)C)C(=O)CCCCCCC(=O)OCCC(CCCCC)CCCCC. The second-order valence-corrected chi connectivity index (χ2v) is 19.9. The van der Waals surface area contributed by atoms with E-state index in [0.29, 0.717) is 43.8 Å². The molecule has 0 aliphatic carbocycles. The van der Waals surface area contributed by atoms with Crippen molar-refractivity contribution in [3.63, 3.8) is 0 Å². The zero-order valence-corrected chi connectivity index (χ0v) is 44.0. The number of amides is 1. The molecular weight excluding hydrogens is 793 g/mol. The zero-order valence-electron chi connectivity index (χ0n) is 44.0. The Hall–Kier alpha value is -1.89. The minimum absolute atomic E-state index is 0.0575. The number of hydrogen-bond acceptors (Lipinski definition) is 6. The van der Waals surface area contributed by atoms with Gasteiger partial charge < -0.3 is 19.3 Å². The molecule has 7 nitrogen and oxygen atoms in total. The molecule has 64 heavy (non-hydrogen) atoms. The molecule has 0 aliphatic rings. The van der Waals surface area contributed by atoms with Crippen molar-refractivity contribution < 1.29 is 23.9 Å². The molecule has 0 rings (SSSR count). The molecule has 1 amide bonds. The molecule has 0 spiro atoms. The van der Waals surface area contributed by atoms with Crippen LogP contribution >= 0.6 is 0 Å². The van der Waals surface area contributed by atoms with Crippen molar-refractivity contribution in [3.8, 4) is 0 Å². The van der Waals surface area contributed by atoms with Crippen molar-refractivity contribution in [3.05, 3.63) is 12.2 Å². The van der Waals surface area contributed by atoms with Gasteiger partial charge in [0, 0.05) is 31.5 Å². The smallest absolute Gasteiger partial charge is 0.330 e. The predicted molar refractivity (Wildman–Crippen MR) is 276 cm³/mol. The van der Waals surface area contributed by atoms with Crippen molar-refractivity contribution in [1.82, 2.24) is 9.80 Å². The Morgan fingerprint density at radius 1 is 0.438 bits per heavy atom. The van der Waals surface area contributed by atoms with Gasteiger partial charge in [0.15, 0.2) is 0 Å². The normalized spacial score (nSPS) is 12.3. The Morgan fingerprint density at radius 3 is 1.38 bits per heavy atom. The second kappa shape index (κ2) is 47.6. The lowest BCUT2D eigenvalue weighted by molar-refractivity contribution is -0.144. The predicted octanol–water partition coefficient (Wildman–Crippen LogP) is 16.5. The average molecular weight is 904 g/mol. The molecule has 0 saturated heterocycles. The summed E-state index contributed by atoms with van der Waals surface area (Å²) in [5.74, 6) is 1.38. The number of carbonyl (C=O) groups excluding carboxylic acids is 3. The van der Waals surface area contributed by atoms with E-state index >= 15 is 0 Å². The number of allylic oxidation sites excluding steroid dienone is 1. The number of esters is 2. The van der Waals surface area contributed by atoms with Gasteiger partial charge in [-0.1, -0.05) is 214 Å². The first-order valence-electron chi connectivity index (χ1n) is 28.1. The Morgan fingerprint density at radius 2 is 0.859 bits per heavy atom. The van der Waals surface area contributed by atoms with Crippen LogP contribution in [0.1, 0.15) is 279 Å². The van der Waals surface area contributed by atoms with Crippen molar-refractivity contribution in [2.45, 2.75) is 285 Å². The van der Waals surface area contributed by atoms with E-state index in [1.54, 1.807) is 6.08 Å². The maximum Gasteiger partial charge on any atom is 0.330 e. The van der Waals surface area contributed by atoms with Gasteiger partial charge in [-0.3, -0.25) is 9.59 Å². The van der Waals surface area contributed by atoms with Gasteiger partial charge in [0.1, 0.15) is 0 Å². The molecule has 0 aromatic heterocycles. The molecule has 0 aromatic rings. The molecule has 7 heteroatoms. The maximum atomic E-state index is 14.0. The highest BCUT2D eigenvalue weighted by molar-refractivity contribution is 5.81. The van der Waals surface area contributed by atoms with Gasteiger partial charge in [0.2, 0.25) is 5.91 Å². The van der Waals surface area contributed by atoms with Crippen molar-refractivity contribution in [2.24, 2.45) is 11.8 Å². The van der Waals surface area contributed by atoms with E-state index < -0.39 is 0 Å². The molecule has 0 N–H and O–H groups in total. The van der Waals surface area contributed by atoms with Gasteiger partial charge in [-0.25, -0.2) is 4.79 Å². The van der Waals surface area contributed by atoms with Gasteiger partial charge in [-0.15, -0.1) is 0 Å². The lowest BCUT2D eigenvalue weighted by Crippen LogP contribution is -2.41. The summed E-state index contributed by atoms with van der Waals surface area (Å²) in [5, 5.41) is 0. The van der Waals surface area contributed by atoms with E-state index in [-0.39, 0.29) is 18.0 Å². The van der Waals surface area contributed by atoms with E-state index in [1.165, 1.54) is 154 Å². The molecule has 1 atom stereocenters. The van der Waals surface area contributed by atoms with E-state index in [4.69, 9.17) is 9.47 Å². The summed E-state index contributed by atoms with van der Waals surface area (Å²) < 4.78 is 11.3. The first-order chi connectivity index (χ1) is 31.2. The summed E-state index contributed by atoms with van der Waals surface area (Å²) in [6.07, 6.45) is 47.0. The largest absolute Gasteiger partial charge is 0.466 e. The quantitative estimate of drug-likeness (QED) is 0.0344. The third-order valence-corrected chi connectivity index (χ3v) is 13.5. The Bertz CT molecular complexity index is 1040. The average Bonchev–Trinajstić information content (AvgIpc) is 3.27. The fourth-order valence-corrected chi connectivity index (χ4v) is 9.29. The third-order valence-electron chi connectivity index (χ3n) is 13.5. The van der Waals surface area contributed by atoms with Crippen LogP contribution in [-0.2, 0) is 23.9 Å². The van der Waals surface area contributed by atoms with Crippen LogP contribution in [0.15, 0.2) is 12.2 Å². The maximum absolute atomic E-state index is 14.0. The lowest BCUT2D eigenvalue weighted by Gasteiger charge is -2.33. The highest BCUT2D eigenvalue weighted by Crippen LogP contribution is 2.24. The van der Waals surface area contributed by atoms with Crippen LogP contribution in [0.2, 0.25) is 0 Å². The zero-order chi connectivity index (χ0) is 47.1. The summed E-state index contributed by atoms with van der Waals surface area (Å²) in [6.45, 7) is 14.2. The van der Waals surface area contributed by atoms with Crippen LogP contribution in [-0.4, -0.2) is 74.1 Å². The Balaban J connectivity index is 5.12. The molecule has 0 aliphatic heterocycles. The molecule has 1 unspecified atom stereocenters. The highest BCUT2D eigenvalue weighted by Gasteiger charge is 2.23. The van der Waals surface area contributed by atoms with Crippen molar-refractivity contribution >= 4 is 17.8 Å². The lowest BCUT2D eigenvalue weighted by atomic mass is 9.92. The number of rotatable bonds is 49. The van der Waals surface area contributed by atoms with E-state index in [2.05, 4.69) is 58.5 Å². The van der Waals surface area contributed by atoms with E-state index in [9.17, 15) is 14.4 Å². The summed E-state index contributed by atoms with van der Waals surface area (Å²) in [4.78, 5) is 43.6. The summed E-state index contributed by atoms with van der Waals surface area (Å²) in [5.41, 5.74) is 0. The van der Waals surface area contributed by atoms with Crippen LogP contribution in [0.3, 0.4) is 0 Å². The summed E-state index contributed by atoms with van der Waals surface area (Å²) in [7, 11) is 4.23. The summed E-state index contributed by atoms with van der Waals surface area (Å²) in [6, 6.07) is 0.263. The molecule has 0 aromatic carbocycles. The second-order valence-electron chi connectivity index (χ2n) is 19.9. The van der Waals surface area contributed by atoms with Crippen molar-refractivity contribution in [2.75, 3.05) is 40.4 Å². The number of nitrogens with zero attached hydrogens (tertiary/aromatic N) is 2. The number of carbonyl (C=O) groups is 3. The monoisotopic (exact) mass is 903 g/mol. The van der Waals surface area contributed by atoms with Crippen LogP contribution in [0, 0.1) is 11.8 Å². The molecule has 0 heterocycles. The van der Waals surface area contributed by atoms with Gasteiger partial charge in [0.05, 0.1) is 13.2 Å². The number of ether oxygens (including phenoxy) is 2. The van der Waals surface area contributed by atoms with Gasteiger partial charge >= 0.3 is 11.9 Å². The standard InChI is InChI=1S/C57H110N2O5/c1-8-13-18-19-20-21-22-31-41-54(42-32-23-25-34-44-56(61)63-50-46-52(37-27-14-9-2)38-28-15-10-3)59(49-36-48-58(6)7)55(60)43-33-24-26-35-45-57(62)64-51-47-53(39-29-16-11-4)40-30-17-12-5/h34,44,52-54H,8-33,35-43,45-51H2,1-7H3. The van der Waals surface area contributed by atoms with Crippen LogP contribution in [0.4, 0.5) is 0 Å². The molecule has 0 radical (unpaired) electrons. The van der Waals surface area contributed by atoms with Crippen LogP contribution in [0.25, 0.3) is 0 Å². The minimum atomic E-state index is -0.208. The van der Waals surface area contributed by atoms with Gasteiger partial charge in [0.25, 0.3) is 0 Å². The van der Waals surface area contributed by atoms with Crippen LogP contribution < -0.4 is 0 Å². The first-order valence-corrected chi connectivity index (χ1v) is 28.1. The fraction of sp³-hybridized carbons (Fsp3) is 0.912.